The molecule has 18 aromatic rings. The van der Waals surface area contributed by atoms with E-state index in [1.807, 2.05) is 214 Å². The second kappa shape index (κ2) is 50.4. The van der Waals surface area contributed by atoms with E-state index in [0.717, 1.165) is 161 Å². The Kier molecular flexibility index (Phi) is 29.3. The maximum atomic E-state index is 8.76. The maximum absolute atomic E-state index is 8.76. The molecule has 12 aromatic heterocycles. The molecule has 0 N–H and O–H groups in total. The molecule has 0 spiro atoms. The maximum Gasteiger partial charge on any atom is 0.216 e. The number of nitrogens with zero attached hydrogens (tertiary/aromatic N) is 9. The van der Waals surface area contributed by atoms with E-state index in [0.29, 0.717) is 55.9 Å². The molecule has 144 heavy (non-hydrogen) atoms. The first-order valence-corrected chi connectivity index (χ1v) is 59.6. The van der Waals surface area contributed by atoms with Crippen LogP contribution in [0.5, 0.6) is 0 Å². The molecule has 0 saturated heterocycles. The van der Waals surface area contributed by atoms with E-state index < -0.39 is 94.8 Å². The molecular weight excluding hydrogens is 2350 g/mol. The van der Waals surface area contributed by atoms with Crippen molar-refractivity contribution >= 4 is 106 Å². The zero-order valence-corrected chi connectivity index (χ0v) is 95.8. The Labute approximate surface area is 933 Å². The minimum Gasteiger partial charge on any atom is -0.486 e. The Morgan fingerprint density at radius 1 is 0.375 bits per heavy atom. The van der Waals surface area contributed by atoms with Gasteiger partial charge in [0.05, 0.1) is 41.0 Å². The second-order valence-electron chi connectivity index (χ2n) is 41.0. The number of furan rings is 3. The molecule has 3 radical (unpaired) electrons. The van der Waals surface area contributed by atoms with Crippen molar-refractivity contribution < 1.29 is 105 Å². The SMILES string of the molecule is [2H]C(C)(c1ccnc(-c2[c-]cc3oc4nc(C(C)(C([2H])([2H])[2H])C([2H])([2H])[2H])ccc4c3c2)c1)C(C)C.[2H]C([2H])([2H])c1ccc2c(n1)oc1c[c-]c(-c3cc(C([2H])([2H])C4CCCC4)ccn3)cc12.[2H]C([2H])([2H])c1ccc2c(n1)oc1c[c-]c(-c3cc(C([2H])([2H])C4CCCCC4)ccn3)cc12.[2H]C([2H])(c1cc(-c2[c-]cccc2)ncc1[Si](C)(C)C)C(C)C.[2H]C([2H])(c1cc(-c2[c-]cccc2)ncc1[Si](C)(C)C)C(C)C.[2H]C([2H])(c1cc(-c2[c-]cccc2)ncc1[Si](C)(C)C)C(C)C.[Ir].[Ir].[Ir]. The minimum absolute atomic E-state index is 0. The van der Waals surface area contributed by atoms with Crippen molar-refractivity contribution in [2.45, 2.75) is 257 Å². The van der Waals surface area contributed by atoms with Gasteiger partial charge in [0.1, 0.15) is 0 Å². The predicted molar refractivity (Wildman–Crippen MR) is 598 cm³/mol. The van der Waals surface area contributed by atoms with Crippen LogP contribution in [0.3, 0.4) is 0 Å². The summed E-state index contributed by atoms with van der Waals surface area (Å²) < 4.78 is 205. The van der Waals surface area contributed by atoms with Crippen LogP contribution in [0.15, 0.2) is 251 Å². The van der Waals surface area contributed by atoms with Gasteiger partial charge in [-0.25, -0.2) is 15.0 Å². The molecule has 2 fully saturated rings. The molecule has 18 heteroatoms. The van der Waals surface area contributed by atoms with E-state index in [1.54, 1.807) is 67.1 Å². The number of hydrogen-bond donors (Lipinski definition) is 0. The number of rotatable bonds is 21. The van der Waals surface area contributed by atoms with Gasteiger partial charge in [-0.2, -0.15) is 0 Å². The van der Waals surface area contributed by atoms with Crippen LogP contribution in [0.1, 0.15) is 229 Å². The fourth-order valence-corrected chi connectivity index (χ4v) is 21.6. The topological polar surface area (TPSA) is 155 Å². The normalized spacial score (nSPS) is 16.7. The molecule has 755 valence electrons. The summed E-state index contributed by atoms with van der Waals surface area (Å²) in [5.41, 5.74) is 13.8. The van der Waals surface area contributed by atoms with Gasteiger partial charge in [-0.1, -0.05) is 286 Å². The van der Waals surface area contributed by atoms with Gasteiger partial charge in [0.15, 0.2) is 0 Å². The van der Waals surface area contributed by atoms with Gasteiger partial charge in [0.25, 0.3) is 0 Å². The van der Waals surface area contributed by atoms with E-state index in [2.05, 4.69) is 140 Å². The van der Waals surface area contributed by atoms with E-state index in [9.17, 15) is 0 Å². The Bertz CT molecular complexity index is 8080. The average Bonchev–Trinajstić information content (AvgIpc) is 1.55. The van der Waals surface area contributed by atoms with Crippen molar-refractivity contribution in [3.05, 3.63) is 324 Å². The quantitative estimate of drug-likeness (QED) is 0.0496. The van der Waals surface area contributed by atoms with Gasteiger partial charge in [0, 0.05) is 168 Å². The van der Waals surface area contributed by atoms with Crippen molar-refractivity contribution in [3.8, 4) is 67.5 Å². The van der Waals surface area contributed by atoms with Crippen molar-refractivity contribution in [3.63, 3.8) is 0 Å². The van der Waals surface area contributed by atoms with E-state index in [4.69, 9.17) is 44.8 Å². The third-order valence-electron chi connectivity index (χ3n) is 24.9. The van der Waals surface area contributed by atoms with Crippen LogP contribution in [-0.4, -0.2) is 69.1 Å². The summed E-state index contributed by atoms with van der Waals surface area (Å²) in [5, 5.41) is 7.68. The second-order valence-corrected chi connectivity index (χ2v) is 56.1. The summed E-state index contributed by atoms with van der Waals surface area (Å²) in [4.78, 5) is 39.8. The van der Waals surface area contributed by atoms with Crippen molar-refractivity contribution in [2.75, 3.05) is 0 Å². The summed E-state index contributed by atoms with van der Waals surface area (Å²) in [7, 11) is -5.01. The molecule has 20 rings (SSSR count). The summed E-state index contributed by atoms with van der Waals surface area (Å²) in [6, 6.07) is 79.0. The van der Waals surface area contributed by atoms with Gasteiger partial charge < -0.3 is 43.2 Å². The number of pyridine rings is 9. The van der Waals surface area contributed by atoms with Crippen molar-refractivity contribution in [1.82, 2.24) is 44.9 Å². The molecule has 0 bridgehead atoms. The first kappa shape index (κ1) is 83.7. The number of fused-ring (bicyclic) bond motifs is 9. The molecule has 0 amide bonds. The molecule has 12 nitrogen and oxygen atoms in total. The van der Waals surface area contributed by atoms with Crippen molar-refractivity contribution in [1.29, 1.82) is 0 Å². The van der Waals surface area contributed by atoms with Gasteiger partial charge >= 0.3 is 0 Å². The molecule has 1 atom stereocenters. The van der Waals surface area contributed by atoms with E-state index in [1.165, 1.54) is 31.5 Å². The van der Waals surface area contributed by atoms with Gasteiger partial charge in [0.2, 0.25) is 17.1 Å². The third kappa shape index (κ3) is 29.6. The van der Waals surface area contributed by atoms with Gasteiger partial charge in [-0.05, 0) is 191 Å². The van der Waals surface area contributed by atoms with E-state index in [-0.39, 0.29) is 130 Å². The van der Waals surface area contributed by atoms with Gasteiger partial charge in [-0.15, -0.1) is 179 Å². The number of aromatic nitrogens is 9. The van der Waals surface area contributed by atoms with Gasteiger partial charge in [-0.3, -0.25) is 0 Å². The molecule has 6 aromatic carbocycles. The largest absolute Gasteiger partial charge is 0.486 e. The molecule has 2 saturated carbocycles. The standard InChI is InChI=1S/C25H27N2O.C24H23N2O.C23H21N2O.3C18H24NSi.3Ir/c1-15(2)16(3)17-11-12-26-21(14-17)18-7-9-22-20(13-18)19-8-10-23(25(4,5)6)27-24(19)28-22;1-16-7-9-20-21-15-19(8-10-23(21)27-24(20)26-16)22-14-18(11-12-25-22)13-17-5-3-2-4-6-17;1-15-6-8-19-20-14-18(7-9-22(20)26-23(19)25-15)21-13-17(10-11-24-21)12-16-4-2-3-5-16;3*1-14(2)11-16-12-17(15-9-7-6-8-10-15)19-13-18(16)20(3,4)5;;;/h8-16H,1-6H3;7,9-12,14-15,17H,2-6,13H2,1H3;6,8-11,13-14,16H,2-5,12H2,1H3;3*6-9,12-14H,11H2,1-5H3;;;/q6*-1;;;/i4D3,5D3,16D;1D3,13D2;1D3,12D2;3*11D2;;;. The predicted octanol–water partition coefficient (Wildman–Crippen LogP) is 31.9. The fourth-order valence-electron chi connectivity index (χ4n) is 17.4. The number of hydrogen-bond acceptors (Lipinski definition) is 12. The van der Waals surface area contributed by atoms with Crippen LogP contribution < -0.4 is 15.6 Å². The number of benzene rings is 6. The molecule has 0 aliphatic heterocycles. The molecule has 2 aliphatic rings. The third-order valence-corrected chi connectivity index (χ3v) is 30.9. The average molecular weight is 2520 g/mol. The zero-order valence-electron chi connectivity index (χ0n) is 109. The summed E-state index contributed by atoms with van der Waals surface area (Å²) >= 11 is 0. The molecule has 1 unspecified atom stereocenters. The number of aryl methyl sites for hydroxylation is 2. The Hall–Kier alpha value is -10.3. The smallest absolute Gasteiger partial charge is 0.216 e. The monoisotopic (exact) mass is 2520 g/mol. The zero-order chi connectivity index (χ0) is 120. The van der Waals surface area contributed by atoms with Crippen LogP contribution >= 0.6 is 0 Å². The minimum atomic E-state index is -2.80. The molecule has 12 heterocycles. The van der Waals surface area contributed by atoms with Crippen LogP contribution in [-0.2, 0) is 97.6 Å². The molecular formula is C126H143Ir3N9O3Si3-6. The summed E-state index contributed by atoms with van der Waals surface area (Å²) in [6.45, 7) is 28.6. The van der Waals surface area contributed by atoms with Crippen molar-refractivity contribution in [2.24, 2.45) is 35.5 Å². The summed E-state index contributed by atoms with van der Waals surface area (Å²) in [5.74, 6) is -0.867. The Balaban J connectivity index is 0.000000176. The van der Waals surface area contributed by atoms with Crippen LogP contribution in [0.2, 0.25) is 58.9 Å². The summed E-state index contributed by atoms with van der Waals surface area (Å²) in [6.07, 6.45) is 12.9. The van der Waals surface area contributed by atoms with E-state index >= 15 is 0 Å². The first-order chi connectivity index (χ1) is 76.4. The van der Waals surface area contributed by atoms with Crippen LogP contribution in [0, 0.1) is 85.6 Å². The molecule has 2 aliphatic carbocycles. The first-order valence-electron chi connectivity index (χ1n) is 60.6. The fraction of sp³-hybridized carbons (Fsp3) is 0.357. The Morgan fingerprint density at radius 2 is 0.715 bits per heavy atom. The van der Waals surface area contributed by atoms with Crippen LogP contribution in [0.25, 0.3) is 134 Å². The Morgan fingerprint density at radius 3 is 1.05 bits per heavy atom. The van der Waals surface area contributed by atoms with Crippen LogP contribution in [0.4, 0.5) is 0 Å².